The van der Waals surface area contributed by atoms with Crippen LogP contribution in [0.2, 0.25) is 0 Å². The Bertz CT molecular complexity index is 617. The Balaban J connectivity index is 1.54. The molecule has 1 aromatic rings. The fraction of sp³-hybridized carbons (Fsp3) is 0.588. The van der Waals surface area contributed by atoms with Crippen molar-refractivity contribution in [3.63, 3.8) is 0 Å². The molecule has 1 spiro atoms. The Morgan fingerprint density at radius 2 is 2.22 bits per heavy atom. The molecule has 3 aliphatic rings. The third-order valence-corrected chi connectivity index (χ3v) is 5.29. The lowest BCUT2D eigenvalue weighted by molar-refractivity contribution is -0.0433. The molecule has 0 saturated carbocycles. The van der Waals surface area contributed by atoms with Crippen molar-refractivity contribution in [3.05, 3.63) is 23.8 Å². The molecule has 3 heterocycles. The predicted octanol–water partition coefficient (Wildman–Crippen LogP) is 0.992. The number of likely N-dealkylation sites (tertiary alicyclic amines) is 1. The van der Waals surface area contributed by atoms with Crippen LogP contribution in [-0.4, -0.2) is 55.0 Å². The highest BCUT2D eigenvalue weighted by molar-refractivity contribution is 5.95. The first kappa shape index (κ1) is 14.8. The van der Waals surface area contributed by atoms with Gasteiger partial charge in [-0.2, -0.15) is 0 Å². The van der Waals surface area contributed by atoms with Crippen molar-refractivity contribution in [1.29, 1.82) is 0 Å². The van der Waals surface area contributed by atoms with Crippen molar-refractivity contribution in [2.45, 2.75) is 25.4 Å². The van der Waals surface area contributed by atoms with Crippen LogP contribution in [0.5, 0.6) is 11.5 Å². The van der Waals surface area contributed by atoms with Crippen molar-refractivity contribution in [3.8, 4) is 11.5 Å². The smallest absolute Gasteiger partial charge is 0.254 e. The second kappa shape index (κ2) is 5.69. The molecule has 0 aromatic heterocycles. The number of hydrogen-bond donors (Lipinski definition) is 2. The normalized spacial score (nSPS) is 29.8. The molecule has 0 radical (unpaired) electrons. The number of nitrogens with zero attached hydrogens (tertiary/aromatic N) is 1. The van der Waals surface area contributed by atoms with E-state index in [0.717, 1.165) is 38.9 Å². The fourth-order valence-corrected chi connectivity index (χ4v) is 3.96. The lowest BCUT2D eigenvalue weighted by Crippen LogP contribution is -2.58. The maximum absolute atomic E-state index is 12.9. The summed E-state index contributed by atoms with van der Waals surface area (Å²) in [6.07, 6.45) is 2.31. The third kappa shape index (κ3) is 2.56. The number of ether oxygens (including phenoxy) is 2. The van der Waals surface area contributed by atoms with E-state index in [1.54, 1.807) is 18.2 Å². The van der Waals surface area contributed by atoms with Crippen LogP contribution in [0.1, 0.15) is 29.6 Å². The Kier molecular flexibility index (Phi) is 3.66. The van der Waals surface area contributed by atoms with E-state index in [0.29, 0.717) is 23.6 Å². The Hall–Kier alpha value is -1.79. The molecule has 6 nitrogen and oxygen atoms in total. The number of rotatable bonds is 1. The van der Waals surface area contributed by atoms with Crippen LogP contribution < -0.4 is 14.8 Å². The standard InChI is InChI=1S/C17H22N2O4/c20-15-4-6-18-9-17(15)5-1-7-19(10-17)16(21)12-2-3-13-14(8-12)23-11-22-13/h2-3,8,15,18,20H,1,4-7,9-11H2/t15-,17-/m0/s1. The molecule has 1 aromatic carbocycles. The number of aliphatic hydroxyl groups excluding tert-OH is 1. The van der Waals surface area contributed by atoms with E-state index in [9.17, 15) is 9.90 Å². The van der Waals surface area contributed by atoms with Crippen molar-refractivity contribution in [1.82, 2.24) is 10.2 Å². The Labute approximate surface area is 135 Å². The van der Waals surface area contributed by atoms with Crippen LogP contribution in [0.25, 0.3) is 0 Å². The number of hydrogen-bond acceptors (Lipinski definition) is 5. The highest BCUT2D eigenvalue weighted by Gasteiger charge is 2.44. The molecule has 2 atom stereocenters. The lowest BCUT2D eigenvalue weighted by atomic mass is 9.72. The molecule has 6 heteroatoms. The van der Waals surface area contributed by atoms with Gasteiger partial charge in [0.15, 0.2) is 11.5 Å². The second-order valence-corrected chi connectivity index (χ2v) is 6.74. The molecular weight excluding hydrogens is 296 g/mol. The molecule has 4 rings (SSSR count). The molecule has 3 aliphatic heterocycles. The van der Waals surface area contributed by atoms with Gasteiger partial charge < -0.3 is 24.8 Å². The molecule has 124 valence electrons. The van der Waals surface area contributed by atoms with Crippen molar-refractivity contribution in [2.24, 2.45) is 5.41 Å². The number of carbonyl (C=O) groups is 1. The summed E-state index contributed by atoms with van der Waals surface area (Å²) in [4.78, 5) is 14.7. The minimum Gasteiger partial charge on any atom is -0.454 e. The van der Waals surface area contributed by atoms with E-state index in [4.69, 9.17) is 9.47 Å². The van der Waals surface area contributed by atoms with E-state index in [1.807, 2.05) is 4.90 Å². The van der Waals surface area contributed by atoms with Gasteiger partial charge in [-0.15, -0.1) is 0 Å². The number of nitrogens with one attached hydrogen (secondary N) is 1. The predicted molar refractivity (Wildman–Crippen MR) is 83.6 cm³/mol. The molecule has 2 fully saturated rings. The molecule has 1 amide bonds. The van der Waals surface area contributed by atoms with Gasteiger partial charge in [0.05, 0.1) is 6.10 Å². The number of carbonyl (C=O) groups excluding carboxylic acids is 1. The molecule has 23 heavy (non-hydrogen) atoms. The van der Waals surface area contributed by atoms with Crippen LogP contribution >= 0.6 is 0 Å². The van der Waals surface area contributed by atoms with Gasteiger partial charge in [-0.05, 0) is 44.0 Å². The first-order valence-corrected chi connectivity index (χ1v) is 8.26. The van der Waals surface area contributed by atoms with Crippen LogP contribution in [0.3, 0.4) is 0 Å². The Morgan fingerprint density at radius 1 is 1.35 bits per heavy atom. The summed E-state index contributed by atoms with van der Waals surface area (Å²) in [6.45, 7) is 3.17. The number of piperidine rings is 2. The van der Waals surface area contributed by atoms with Crippen LogP contribution in [0.4, 0.5) is 0 Å². The number of benzene rings is 1. The molecule has 0 unspecified atom stereocenters. The van der Waals surface area contributed by atoms with Crippen LogP contribution in [-0.2, 0) is 0 Å². The molecular formula is C17H22N2O4. The summed E-state index contributed by atoms with van der Waals surface area (Å²) in [6, 6.07) is 5.32. The first-order valence-electron chi connectivity index (χ1n) is 8.26. The van der Waals surface area contributed by atoms with Gasteiger partial charge in [0.25, 0.3) is 5.91 Å². The summed E-state index contributed by atoms with van der Waals surface area (Å²) in [5, 5.41) is 13.8. The lowest BCUT2D eigenvalue weighted by Gasteiger charge is -2.48. The largest absolute Gasteiger partial charge is 0.454 e. The highest BCUT2D eigenvalue weighted by atomic mass is 16.7. The van der Waals surface area contributed by atoms with Gasteiger partial charge in [0.1, 0.15) is 0 Å². The zero-order valence-corrected chi connectivity index (χ0v) is 13.1. The second-order valence-electron chi connectivity index (χ2n) is 6.74. The van der Waals surface area contributed by atoms with E-state index in [1.165, 1.54) is 0 Å². The number of fused-ring (bicyclic) bond motifs is 1. The third-order valence-electron chi connectivity index (χ3n) is 5.29. The monoisotopic (exact) mass is 318 g/mol. The zero-order chi connectivity index (χ0) is 15.9. The summed E-state index contributed by atoms with van der Waals surface area (Å²) < 4.78 is 10.7. The topological polar surface area (TPSA) is 71.0 Å². The van der Waals surface area contributed by atoms with Crippen molar-refractivity contribution >= 4 is 5.91 Å². The van der Waals surface area contributed by atoms with Gasteiger partial charge >= 0.3 is 0 Å². The summed E-state index contributed by atoms with van der Waals surface area (Å²) >= 11 is 0. The van der Waals surface area contributed by atoms with Crippen molar-refractivity contribution in [2.75, 3.05) is 33.0 Å². The molecule has 0 bridgehead atoms. The average Bonchev–Trinajstić information content (AvgIpc) is 3.05. The summed E-state index contributed by atoms with van der Waals surface area (Å²) in [5.41, 5.74) is 0.409. The quantitative estimate of drug-likeness (QED) is 0.808. The first-order chi connectivity index (χ1) is 11.2. The highest BCUT2D eigenvalue weighted by Crippen LogP contribution is 2.37. The van der Waals surface area contributed by atoms with Gasteiger partial charge in [-0.25, -0.2) is 0 Å². The maximum atomic E-state index is 12.9. The summed E-state index contributed by atoms with van der Waals surface area (Å²) in [5.74, 6) is 1.31. The number of amides is 1. The minimum atomic E-state index is -0.337. The van der Waals surface area contributed by atoms with E-state index < -0.39 is 0 Å². The zero-order valence-electron chi connectivity index (χ0n) is 13.1. The SMILES string of the molecule is O=C(c1ccc2c(c1)OCO2)N1CCC[C@]2(CNCC[C@@H]2O)C1. The maximum Gasteiger partial charge on any atom is 0.254 e. The van der Waals surface area contributed by atoms with Crippen molar-refractivity contribution < 1.29 is 19.4 Å². The van der Waals surface area contributed by atoms with Crippen LogP contribution in [0.15, 0.2) is 18.2 Å². The van der Waals surface area contributed by atoms with E-state index in [2.05, 4.69) is 5.32 Å². The van der Waals surface area contributed by atoms with Gasteiger partial charge in [0.2, 0.25) is 6.79 Å². The molecule has 0 aliphatic carbocycles. The molecule has 2 N–H and O–H groups in total. The average molecular weight is 318 g/mol. The van der Waals surface area contributed by atoms with E-state index in [-0.39, 0.29) is 24.2 Å². The number of aliphatic hydroxyl groups is 1. The summed E-state index contributed by atoms with van der Waals surface area (Å²) in [7, 11) is 0. The molecule has 2 saturated heterocycles. The fourth-order valence-electron chi connectivity index (χ4n) is 3.96. The van der Waals surface area contributed by atoms with E-state index >= 15 is 0 Å². The van der Waals surface area contributed by atoms with Gasteiger partial charge in [-0.3, -0.25) is 4.79 Å². The minimum absolute atomic E-state index is 0.000137. The van der Waals surface area contributed by atoms with Crippen LogP contribution in [0, 0.1) is 5.41 Å². The van der Waals surface area contributed by atoms with Gasteiger partial charge in [-0.1, -0.05) is 0 Å². The Morgan fingerprint density at radius 3 is 3.09 bits per heavy atom. The van der Waals surface area contributed by atoms with Gasteiger partial charge in [0, 0.05) is 30.6 Å².